The molecule has 2 heterocycles. The van der Waals surface area contributed by atoms with Gasteiger partial charge in [0.1, 0.15) is 5.69 Å². The average Bonchev–Trinajstić information content (AvgIpc) is 3.10. The second-order valence-corrected chi connectivity index (χ2v) is 8.53. The van der Waals surface area contributed by atoms with Gasteiger partial charge in [0.15, 0.2) is 10.1 Å². The second-order valence-electron chi connectivity index (χ2n) is 6.29. The van der Waals surface area contributed by atoms with Crippen LogP contribution in [0.2, 0.25) is 0 Å². The lowest BCUT2D eigenvalue weighted by molar-refractivity contribution is 0.0971. The van der Waals surface area contributed by atoms with Crippen LogP contribution < -0.4 is 5.32 Å². The number of aromatic nitrogens is 3. The third-order valence-corrected chi connectivity index (χ3v) is 6.23. The molecule has 128 valence electrons. The number of rotatable bonds is 5. The van der Waals surface area contributed by atoms with Crippen molar-refractivity contribution in [3.63, 3.8) is 0 Å². The lowest BCUT2D eigenvalue weighted by Crippen LogP contribution is -2.13. The SMILES string of the molecule is Cc1c(C(=O)Nc2nnc(SCC(C)C)s2)[nH]c2c1C(=O)CCC2. The summed E-state index contributed by atoms with van der Waals surface area (Å²) in [5, 5.41) is 11.4. The van der Waals surface area contributed by atoms with Gasteiger partial charge in [-0.05, 0) is 31.2 Å². The van der Waals surface area contributed by atoms with Crippen molar-refractivity contribution in [2.75, 3.05) is 11.1 Å². The number of carbonyl (C=O) groups is 2. The molecule has 2 N–H and O–H groups in total. The predicted octanol–water partition coefficient (Wildman–Crippen LogP) is 3.69. The van der Waals surface area contributed by atoms with Gasteiger partial charge in [0.25, 0.3) is 5.91 Å². The van der Waals surface area contributed by atoms with E-state index in [9.17, 15) is 9.59 Å². The van der Waals surface area contributed by atoms with E-state index < -0.39 is 0 Å². The van der Waals surface area contributed by atoms with E-state index in [-0.39, 0.29) is 11.7 Å². The summed E-state index contributed by atoms with van der Waals surface area (Å²) >= 11 is 3.01. The lowest BCUT2D eigenvalue weighted by Gasteiger charge is -2.09. The van der Waals surface area contributed by atoms with E-state index in [4.69, 9.17) is 0 Å². The van der Waals surface area contributed by atoms with E-state index in [0.29, 0.717) is 28.7 Å². The van der Waals surface area contributed by atoms with E-state index in [0.717, 1.165) is 34.2 Å². The molecule has 24 heavy (non-hydrogen) atoms. The number of H-pyrrole nitrogens is 1. The van der Waals surface area contributed by atoms with Gasteiger partial charge in [-0.15, -0.1) is 10.2 Å². The fraction of sp³-hybridized carbons (Fsp3) is 0.500. The molecule has 1 aliphatic rings. The maximum absolute atomic E-state index is 12.5. The molecule has 2 aromatic heterocycles. The Morgan fingerprint density at radius 1 is 1.38 bits per heavy atom. The van der Waals surface area contributed by atoms with Crippen molar-refractivity contribution in [1.82, 2.24) is 15.2 Å². The molecule has 3 rings (SSSR count). The normalized spacial score (nSPS) is 14.1. The molecule has 0 saturated heterocycles. The Balaban J connectivity index is 1.73. The Kier molecular flexibility index (Phi) is 5.05. The highest BCUT2D eigenvalue weighted by molar-refractivity contribution is 8.01. The smallest absolute Gasteiger partial charge is 0.274 e. The molecule has 0 aliphatic heterocycles. The predicted molar refractivity (Wildman–Crippen MR) is 96.2 cm³/mol. The van der Waals surface area contributed by atoms with E-state index >= 15 is 0 Å². The number of amides is 1. The van der Waals surface area contributed by atoms with Crippen LogP contribution in [0.15, 0.2) is 4.34 Å². The number of thioether (sulfide) groups is 1. The van der Waals surface area contributed by atoms with Gasteiger partial charge in [0, 0.05) is 23.4 Å². The monoisotopic (exact) mass is 364 g/mol. The maximum Gasteiger partial charge on any atom is 0.274 e. The summed E-state index contributed by atoms with van der Waals surface area (Å²) < 4.78 is 0.844. The fourth-order valence-electron chi connectivity index (χ4n) is 2.72. The number of anilines is 1. The molecule has 0 fully saturated rings. The number of nitrogens with zero attached hydrogens (tertiary/aromatic N) is 2. The van der Waals surface area contributed by atoms with Gasteiger partial charge in [-0.1, -0.05) is 36.9 Å². The highest BCUT2D eigenvalue weighted by Crippen LogP contribution is 2.29. The van der Waals surface area contributed by atoms with Crippen LogP contribution in [-0.4, -0.2) is 32.6 Å². The summed E-state index contributed by atoms with van der Waals surface area (Å²) in [6.07, 6.45) is 2.20. The minimum Gasteiger partial charge on any atom is -0.354 e. The molecule has 2 aromatic rings. The van der Waals surface area contributed by atoms with Crippen molar-refractivity contribution >= 4 is 39.9 Å². The number of aromatic amines is 1. The zero-order chi connectivity index (χ0) is 17.3. The van der Waals surface area contributed by atoms with Gasteiger partial charge in [-0.25, -0.2) is 0 Å². The first kappa shape index (κ1) is 17.2. The van der Waals surface area contributed by atoms with Crippen LogP contribution in [0.3, 0.4) is 0 Å². The Labute approximate surface area is 148 Å². The number of Topliss-reactive ketones (excluding diaryl/α,β-unsaturated/α-hetero) is 1. The summed E-state index contributed by atoms with van der Waals surface area (Å²) in [6, 6.07) is 0. The molecule has 0 bridgehead atoms. The second kappa shape index (κ2) is 7.06. The summed E-state index contributed by atoms with van der Waals surface area (Å²) in [7, 11) is 0. The van der Waals surface area contributed by atoms with Crippen LogP contribution in [0.4, 0.5) is 5.13 Å². The van der Waals surface area contributed by atoms with Gasteiger partial charge in [-0.3, -0.25) is 14.9 Å². The largest absolute Gasteiger partial charge is 0.354 e. The van der Waals surface area contributed by atoms with Crippen LogP contribution in [0.5, 0.6) is 0 Å². The first-order valence-corrected chi connectivity index (χ1v) is 9.78. The van der Waals surface area contributed by atoms with Crippen LogP contribution >= 0.6 is 23.1 Å². The molecule has 0 saturated carbocycles. The minimum absolute atomic E-state index is 0.118. The Hall–Kier alpha value is -1.67. The summed E-state index contributed by atoms with van der Waals surface area (Å²) in [5.74, 6) is 1.38. The summed E-state index contributed by atoms with van der Waals surface area (Å²) in [6.45, 7) is 6.11. The van der Waals surface area contributed by atoms with Crippen molar-refractivity contribution in [2.24, 2.45) is 5.92 Å². The number of fused-ring (bicyclic) bond motifs is 1. The quantitative estimate of drug-likeness (QED) is 0.624. The number of aryl methyl sites for hydroxylation is 1. The molecular weight excluding hydrogens is 344 g/mol. The molecular formula is C16H20N4O2S2. The average molecular weight is 364 g/mol. The highest BCUT2D eigenvalue weighted by atomic mass is 32.2. The maximum atomic E-state index is 12.5. The molecule has 6 nitrogen and oxygen atoms in total. The zero-order valence-electron chi connectivity index (χ0n) is 13.9. The Morgan fingerprint density at radius 3 is 2.88 bits per heavy atom. The van der Waals surface area contributed by atoms with E-state index in [1.54, 1.807) is 11.8 Å². The van der Waals surface area contributed by atoms with Crippen LogP contribution in [0.1, 0.15) is 58.8 Å². The fourth-order valence-corrected chi connectivity index (χ4v) is 4.44. The zero-order valence-corrected chi connectivity index (χ0v) is 15.6. The summed E-state index contributed by atoms with van der Waals surface area (Å²) in [5.41, 5.74) is 2.74. The van der Waals surface area contributed by atoms with Crippen LogP contribution in [0, 0.1) is 12.8 Å². The molecule has 0 spiro atoms. The van der Waals surface area contributed by atoms with Gasteiger partial charge in [0.2, 0.25) is 5.13 Å². The van der Waals surface area contributed by atoms with Gasteiger partial charge in [-0.2, -0.15) is 0 Å². The molecule has 8 heteroatoms. The minimum atomic E-state index is -0.272. The van der Waals surface area contributed by atoms with Gasteiger partial charge in [0.05, 0.1) is 0 Å². The topological polar surface area (TPSA) is 87.7 Å². The van der Waals surface area contributed by atoms with Gasteiger partial charge >= 0.3 is 0 Å². The number of hydrogen-bond donors (Lipinski definition) is 2. The van der Waals surface area contributed by atoms with E-state index in [2.05, 4.69) is 34.3 Å². The van der Waals surface area contributed by atoms with E-state index in [1.165, 1.54) is 11.3 Å². The number of hydrogen-bond acceptors (Lipinski definition) is 6. The van der Waals surface area contributed by atoms with Crippen molar-refractivity contribution < 1.29 is 9.59 Å². The summed E-state index contributed by atoms with van der Waals surface area (Å²) in [4.78, 5) is 27.7. The van der Waals surface area contributed by atoms with Crippen molar-refractivity contribution in [1.29, 1.82) is 0 Å². The number of carbonyl (C=O) groups excluding carboxylic acids is 2. The Morgan fingerprint density at radius 2 is 2.17 bits per heavy atom. The first-order valence-electron chi connectivity index (χ1n) is 7.98. The molecule has 1 amide bonds. The van der Waals surface area contributed by atoms with Crippen molar-refractivity contribution in [2.45, 2.75) is 44.4 Å². The molecule has 0 aromatic carbocycles. The third-order valence-electron chi connectivity index (χ3n) is 3.83. The van der Waals surface area contributed by atoms with E-state index in [1.807, 2.05) is 6.92 Å². The number of ketones is 1. The standard InChI is InChI=1S/C16H20N4O2S2/c1-8(2)7-23-16-20-19-15(24-16)18-14(22)13-9(3)12-10(17-13)5-4-6-11(12)21/h8,17H,4-7H2,1-3H3,(H,18,19,22). The highest BCUT2D eigenvalue weighted by Gasteiger charge is 2.26. The van der Waals surface area contributed by atoms with Crippen LogP contribution in [-0.2, 0) is 6.42 Å². The van der Waals surface area contributed by atoms with Crippen molar-refractivity contribution in [3.05, 3.63) is 22.5 Å². The molecule has 1 aliphatic carbocycles. The van der Waals surface area contributed by atoms with Gasteiger partial charge < -0.3 is 4.98 Å². The molecule has 0 unspecified atom stereocenters. The first-order chi connectivity index (χ1) is 11.5. The Bertz CT molecular complexity index is 779. The molecule has 0 atom stereocenters. The van der Waals surface area contributed by atoms with Crippen molar-refractivity contribution in [3.8, 4) is 0 Å². The third kappa shape index (κ3) is 3.54. The lowest BCUT2D eigenvalue weighted by atomic mass is 9.94. The molecule has 0 radical (unpaired) electrons. The van der Waals surface area contributed by atoms with Crippen LogP contribution in [0.25, 0.3) is 0 Å². The number of nitrogens with one attached hydrogen (secondary N) is 2.